The Morgan fingerprint density at radius 3 is 2.45 bits per heavy atom. The van der Waals surface area contributed by atoms with Crippen LogP contribution >= 0.6 is 0 Å². The van der Waals surface area contributed by atoms with E-state index in [2.05, 4.69) is 11.8 Å². The second kappa shape index (κ2) is 11.2. The number of aryl methyl sites for hydroxylation is 2. The van der Waals surface area contributed by atoms with E-state index in [1.165, 1.54) is 0 Å². The molecule has 5 rings (SSSR count). The molecule has 3 aromatic rings. The second-order valence-electron chi connectivity index (χ2n) is 9.95. The van der Waals surface area contributed by atoms with Gasteiger partial charge in [-0.1, -0.05) is 13.0 Å². The lowest BCUT2D eigenvalue weighted by molar-refractivity contribution is 0.0314. The Bertz CT molecular complexity index is 1390. The lowest BCUT2D eigenvalue weighted by Gasteiger charge is -2.31. The van der Waals surface area contributed by atoms with Crippen LogP contribution in [0.4, 0.5) is 0 Å². The summed E-state index contributed by atoms with van der Waals surface area (Å²) >= 11 is 0. The minimum absolute atomic E-state index is 0.127. The zero-order valence-corrected chi connectivity index (χ0v) is 22.7. The van der Waals surface area contributed by atoms with Crippen molar-refractivity contribution in [3.63, 3.8) is 0 Å². The van der Waals surface area contributed by atoms with Gasteiger partial charge in [0.05, 0.1) is 43.4 Å². The maximum atomic E-state index is 14.0. The minimum atomic E-state index is -0.583. The van der Waals surface area contributed by atoms with E-state index in [-0.39, 0.29) is 17.1 Å². The maximum absolute atomic E-state index is 14.0. The second-order valence-corrected chi connectivity index (χ2v) is 9.95. The number of amides is 1. The maximum Gasteiger partial charge on any atom is 0.290 e. The van der Waals surface area contributed by atoms with Crippen LogP contribution in [-0.4, -0.2) is 68.3 Å². The topological polar surface area (TPSA) is 81.5 Å². The first kappa shape index (κ1) is 26.3. The molecule has 1 saturated heterocycles. The Kier molecular flexibility index (Phi) is 7.72. The van der Waals surface area contributed by atoms with E-state index in [1.807, 2.05) is 51.1 Å². The molecular formula is C30H36N2O6. The summed E-state index contributed by atoms with van der Waals surface area (Å²) in [7, 11) is 0. The van der Waals surface area contributed by atoms with Gasteiger partial charge >= 0.3 is 0 Å². The van der Waals surface area contributed by atoms with Crippen molar-refractivity contribution in [2.45, 2.75) is 40.2 Å². The highest BCUT2D eigenvalue weighted by Gasteiger charge is 2.43. The molecule has 2 aliphatic rings. The van der Waals surface area contributed by atoms with Crippen LogP contribution in [0.25, 0.3) is 11.0 Å². The van der Waals surface area contributed by atoms with E-state index >= 15 is 0 Å². The number of rotatable bonds is 9. The van der Waals surface area contributed by atoms with E-state index in [1.54, 1.807) is 4.90 Å². The van der Waals surface area contributed by atoms with Crippen molar-refractivity contribution in [1.82, 2.24) is 9.80 Å². The van der Waals surface area contributed by atoms with Gasteiger partial charge in [0.15, 0.2) is 16.9 Å². The Labute approximate surface area is 223 Å². The minimum Gasteiger partial charge on any atom is -0.490 e. The lowest BCUT2D eigenvalue weighted by atomic mass is 9.97. The number of fused-ring (bicyclic) bond motifs is 2. The Hall–Kier alpha value is -3.36. The number of carbonyl (C=O) groups excluding carboxylic acids is 1. The molecule has 0 bridgehead atoms. The summed E-state index contributed by atoms with van der Waals surface area (Å²) in [6.45, 7) is 13.1. The van der Waals surface area contributed by atoms with Crippen molar-refractivity contribution in [1.29, 1.82) is 0 Å². The van der Waals surface area contributed by atoms with Crippen LogP contribution in [0, 0.1) is 13.8 Å². The molecule has 0 saturated carbocycles. The number of benzene rings is 2. The number of carbonyl (C=O) groups is 1. The van der Waals surface area contributed by atoms with Crippen LogP contribution in [0.15, 0.2) is 39.5 Å². The van der Waals surface area contributed by atoms with Crippen molar-refractivity contribution >= 4 is 16.9 Å². The van der Waals surface area contributed by atoms with Gasteiger partial charge in [0, 0.05) is 26.2 Å². The van der Waals surface area contributed by atoms with Crippen LogP contribution in [0.1, 0.15) is 59.1 Å². The molecule has 0 radical (unpaired) electrons. The molecule has 2 aromatic carbocycles. The van der Waals surface area contributed by atoms with Gasteiger partial charge in [-0.25, -0.2) is 0 Å². The molecule has 38 heavy (non-hydrogen) atoms. The molecular weight excluding hydrogens is 484 g/mol. The molecule has 0 spiro atoms. The first-order valence-electron chi connectivity index (χ1n) is 13.5. The molecule has 1 unspecified atom stereocenters. The van der Waals surface area contributed by atoms with Crippen molar-refractivity contribution in [3.8, 4) is 11.5 Å². The lowest BCUT2D eigenvalue weighted by Crippen LogP contribution is -2.42. The Morgan fingerprint density at radius 2 is 1.71 bits per heavy atom. The molecule has 1 fully saturated rings. The number of ether oxygens (including phenoxy) is 3. The molecule has 8 nitrogen and oxygen atoms in total. The summed E-state index contributed by atoms with van der Waals surface area (Å²) in [4.78, 5) is 31.8. The zero-order valence-electron chi connectivity index (χ0n) is 22.7. The summed E-state index contributed by atoms with van der Waals surface area (Å²) in [5.74, 6) is 1.12. The molecule has 3 heterocycles. The van der Waals surface area contributed by atoms with Crippen molar-refractivity contribution < 1.29 is 23.4 Å². The van der Waals surface area contributed by atoms with Gasteiger partial charge in [-0.3, -0.25) is 14.5 Å². The Balaban J connectivity index is 1.62. The van der Waals surface area contributed by atoms with Crippen LogP contribution in [0.2, 0.25) is 0 Å². The largest absolute Gasteiger partial charge is 0.490 e. The van der Waals surface area contributed by atoms with E-state index in [4.69, 9.17) is 18.6 Å². The fraction of sp³-hybridized carbons (Fsp3) is 0.467. The summed E-state index contributed by atoms with van der Waals surface area (Å²) in [6.07, 6.45) is 0.875. The fourth-order valence-corrected chi connectivity index (χ4v) is 5.22. The summed E-state index contributed by atoms with van der Waals surface area (Å²) < 4.78 is 23.5. The molecule has 202 valence electrons. The van der Waals surface area contributed by atoms with Crippen LogP contribution in [-0.2, 0) is 4.74 Å². The van der Waals surface area contributed by atoms with Crippen LogP contribution in [0.5, 0.6) is 11.5 Å². The highest BCUT2D eigenvalue weighted by atomic mass is 16.5. The molecule has 1 amide bonds. The van der Waals surface area contributed by atoms with Crippen LogP contribution in [0.3, 0.4) is 0 Å². The molecule has 1 aromatic heterocycles. The van der Waals surface area contributed by atoms with Gasteiger partial charge in [0.25, 0.3) is 5.91 Å². The third kappa shape index (κ3) is 4.90. The first-order chi connectivity index (χ1) is 18.4. The first-order valence-corrected chi connectivity index (χ1v) is 13.5. The fourth-order valence-electron chi connectivity index (χ4n) is 5.22. The monoisotopic (exact) mass is 520 g/mol. The van der Waals surface area contributed by atoms with E-state index in [9.17, 15) is 9.59 Å². The SMILES string of the molecule is CCCOc1ccc(C2c3c(oc4cc(C)c(C)cc4c3=O)C(=O)N2CCN2CCOCC2)cc1OCC. The molecule has 2 aliphatic heterocycles. The number of hydrogen-bond donors (Lipinski definition) is 0. The third-order valence-corrected chi connectivity index (χ3v) is 7.39. The van der Waals surface area contributed by atoms with Gasteiger partial charge in [-0.15, -0.1) is 0 Å². The number of morpholine rings is 1. The molecule has 1 atom stereocenters. The zero-order chi connectivity index (χ0) is 26.8. The van der Waals surface area contributed by atoms with Gasteiger partial charge in [-0.2, -0.15) is 0 Å². The van der Waals surface area contributed by atoms with Gasteiger partial charge in [0.2, 0.25) is 5.76 Å². The highest BCUT2D eigenvalue weighted by Crippen LogP contribution is 2.41. The van der Waals surface area contributed by atoms with E-state index < -0.39 is 6.04 Å². The molecule has 8 heteroatoms. The average Bonchev–Trinajstić information content (AvgIpc) is 3.20. The standard InChI is InChI=1S/C30H36N2O6/c1-5-13-37-23-8-7-21(18-25(23)36-6-2)27-26-28(33)22-16-19(3)20(4)17-24(22)38-29(26)30(34)32(27)10-9-31-11-14-35-15-12-31/h7-8,16-18,27H,5-6,9-15H2,1-4H3. The van der Waals surface area contributed by atoms with E-state index in [0.29, 0.717) is 67.5 Å². The van der Waals surface area contributed by atoms with E-state index in [0.717, 1.165) is 36.2 Å². The van der Waals surface area contributed by atoms with Crippen LogP contribution < -0.4 is 14.9 Å². The third-order valence-electron chi connectivity index (χ3n) is 7.39. The van der Waals surface area contributed by atoms with Crippen molar-refractivity contribution in [3.05, 3.63) is 68.6 Å². The van der Waals surface area contributed by atoms with Gasteiger partial charge in [-0.05, 0) is 68.1 Å². The Morgan fingerprint density at radius 1 is 0.947 bits per heavy atom. The quantitative estimate of drug-likeness (QED) is 0.412. The average molecular weight is 521 g/mol. The number of hydrogen-bond acceptors (Lipinski definition) is 7. The van der Waals surface area contributed by atoms with Crippen molar-refractivity contribution in [2.75, 3.05) is 52.6 Å². The van der Waals surface area contributed by atoms with Crippen molar-refractivity contribution in [2.24, 2.45) is 0 Å². The normalized spacial score (nSPS) is 17.7. The summed E-state index contributed by atoms with van der Waals surface area (Å²) in [6, 6.07) is 8.81. The summed E-state index contributed by atoms with van der Waals surface area (Å²) in [5.41, 5.74) is 3.47. The summed E-state index contributed by atoms with van der Waals surface area (Å²) in [5, 5.41) is 0.493. The predicted molar refractivity (Wildman–Crippen MR) is 145 cm³/mol. The van der Waals surface area contributed by atoms with Gasteiger partial charge in [0.1, 0.15) is 5.58 Å². The number of nitrogens with zero attached hydrogens (tertiary/aromatic N) is 2. The smallest absolute Gasteiger partial charge is 0.290 e. The predicted octanol–water partition coefficient (Wildman–Crippen LogP) is 4.47. The highest BCUT2D eigenvalue weighted by molar-refractivity contribution is 5.99. The molecule has 0 aliphatic carbocycles. The molecule has 0 N–H and O–H groups in total. The van der Waals surface area contributed by atoms with Gasteiger partial charge < -0.3 is 23.5 Å².